The van der Waals surface area contributed by atoms with E-state index in [1.54, 1.807) is 29.2 Å². The fraction of sp³-hybridized carbons (Fsp3) is 0.120. The number of carbonyl (C=O) groups excluding carboxylic acids is 1. The molecule has 4 nitrogen and oxygen atoms in total. The minimum Gasteiger partial charge on any atom is -0.390 e. The van der Waals surface area contributed by atoms with E-state index in [1.165, 1.54) is 28.0 Å². The van der Waals surface area contributed by atoms with Crippen molar-refractivity contribution in [1.29, 1.82) is 0 Å². The smallest absolute Gasteiger partial charge is 0.359 e. The molecule has 1 aromatic heterocycles. The summed E-state index contributed by atoms with van der Waals surface area (Å²) in [6.07, 6.45) is 1.54. The van der Waals surface area contributed by atoms with Gasteiger partial charge in [-0.15, -0.1) is 11.8 Å². The summed E-state index contributed by atoms with van der Waals surface area (Å²) in [5.41, 5.74) is 3.72. The van der Waals surface area contributed by atoms with Crippen LogP contribution in [0, 0.1) is 0 Å². The second kappa shape index (κ2) is 11.0. The number of thiazole rings is 1. The molecule has 1 N–H and O–H groups in total. The average Bonchev–Trinajstić information content (AvgIpc) is 3.34. The number of nitrogens with zero attached hydrogens (tertiary/aromatic N) is 1. The molecule has 0 saturated carbocycles. The van der Waals surface area contributed by atoms with Crippen LogP contribution in [0.5, 0.6) is 0 Å². The first-order valence-corrected chi connectivity index (χ1v) is 12.8. The van der Waals surface area contributed by atoms with Crippen LogP contribution in [0.2, 0.25) is 0 Å². The van der Waals surface area contributed by atoms with Gasteiger partial charge in [-0.1, -0.05) is 102 Å². The summed E-state index contributed by atoms with van der Waals surface area (Å²) >= 11 is 4.78. The molecular weight excluding hydrogens is 551 g/mol. The summed E-state index contributed by atoms with van der Waals surface area (Å²) in [4.78, 5) is 16.4. The molecule has 4 aromatic rings. The van der Waals surface area contributed by atoms with Crippen molar-refractivity contribution < 1.29 is 7.86 Å². The Hall–Kier alpha value is -2.36. The van der Waals surface area contributed by atoms with E-state index >= 15 is 0 Å². The summed E-state index contributed by atoms with van der Waals surface area (Å²) in [7, 11) is 0. The van der Waals surface area contributed by atoms with E-state index in [2.05, 4.69) is 101 Å². The van der Waals surface area contributed by atoms with Crippen molar-refractivity contribution in [2.75, 3.05) is 17.6 Å². The molecular formula is C25H21IN2O2S2. The second-order valence-electron chi connectivity index (χ2n) is 6.95. The maximum absolute atomic E-state index is 11.7. The van der Waals surface area contributed by atoms with Crippen LogP contribution >= 0.6 is 46.1 Å². The van der Waals surface area contributed by atoms with E-state index in [0.717, 1.165) is 5.75 Å². The number of aromatic nitrogens is 1. The highest BCUT2D eigenvalue weighted by Gasteiger charge is 2.36. The third-order valence-electron chi connectivity index (χ3n) is 5.01. The zero-order valence-electron chi connectivity index (χ0n) is 17.1. The lowest BCUT2D eigenvalue weighted by molar-refractivity contribution is 0.0805. The molecule has 32 heavy (non-hydrogen) atoms. The minimum absolute atomic E-state index is 0.343. The number of benzene rings is 3. The van der Waals surface area contributed by atoms with Crippen LogP contribution in [-0.4, -0.2) is 23.3 Å². The van der Waals surface area contributed by atoms with Crippen LogP contribution in [-0.2, 0) is 7.81 Å². The third-order valence-corrected chi connectivity index (χ3v) is 7.90. The van der Waals surface area contributed by atoms with Crippen LogP contribution in [0.15, 0.2) is 97.2 Å². The first kappa shape index (κ1) is 22.8. The number of thioether (sulfide) groups is 1. The molecule has 7 heteroatoms. The normalized spacial score (nSPS) is 11.2. The van der Waals surface area contributed by atoms with Crippen LogP contribution in [0.4, 0.5) is 5.13 Å². The average molecular weight is 572 g/mol. The van der Waals surface area contributed by atoms with Crippen molar-refractivity contribution >= 4 is 57.2 Å². The molecule has 162 valence electrons. The Kier molecular flexibility index (Phi) is 7.83. The molecule has 0 amide bonds. The summed E-state index contributed by atoms with van der Waals surface area (Å²) in [6, 6.07) is 31.9. The predicted molar refractivity (Wildman–Crippen MR) is 142 cm³/mol. The molecule has 4 rings (SSSR count). The fourth-order valence-corrected chi connectivity index (χ4v) is 6.14. The van der Waals surface area contributed by atoms with Gasteiger partial charge in [0.2, 0.25) is 0 Å². The highest BCUT2D eigenvalue weighted by Crippen LogP contribution is 2.48. The SMILES string of the molecule is O=C(OI)c1cnc(NCCSC(c2ccccc2)(c2ccccc2)c2ccccc2)s1. The third kappa shape index (κ3) is 5.00. The first-order chi connectivity index (χ1) is 15.7. The van der Waals surface area contributed by atoms with Gasteiger partial charge in [-0.3, -0.25) is 0 Å². The Bertz CT molecular complexity index is 1040. The highest BCUT2D eigenvalue weighted by atomic mass is 127. The molecule has 0 aliphatic carbocycles. The molecule has 0 unspecified atom stereocenters. The second-order valence-corrected chi connectivity index (χ2v) is 9.73. The molecule has 0 atom stereocenters. The molecule has 0 saturated heterocycles. The molecule has 0 bridgehead atoms. The molecule has 0 aliphatic rings. The van der Waals surface area contributed by atoms with Gasteiger partial charge in [0, 0.05) is 12.3 Å². The number of hydrogen-bond donors (Lipinski definition) is 1. The van der Waals surface area contributed by atoms with Gasteiger partial charge in [0.15, 0.2) is 28.1 Å². The van der Waals surface area contributed by atoms with E-state index in [1.807, 2.05) is 11.8 Å². The largest absolute Gasteiger partial charge is 0.390 e. The van der Waals surface area contributed by atoms with Gasteiger partial charge in [-0.2, -0.15) is 0 Å². The molecule has 0 spiro atoms. The minimum atomic E-state index is -0.373. The number of anilines is 1. The summed E-state index contributed by atoms with van der Waals surface area (Å²) < 4.78 is 4.39. The summed E-state index contributed by atoms with van der Waals surface area (Å²) in [5, 5.41) is 4.06. The summed E-state index contributed by atoms with van der Waals surface area (Å²) in [6.45, 7) is 0.713. The maximum atomic E-state index is 11.7. The van der Waals surface area contributed by atoms with Crippen molar-refractivity contribution in [2.24, 2.45) is 0 Å². The predicted octanol–water partition coefficient (Wildman–Crippen LogP) is 6.79. The quantitative estimate of drug-likeness (QED) is 0.136. The number of carbonyl (C=O) groups is 1. The van der Waals surface area contributed by atoms with Gasteiger partial charge in [-0.05, 0) is 16.7 Å². The monoisotopic (exact) mass is 572 g/mol. The van der Waals surface area contributed by atoms with E-state index in [-0.39, 0.29) is 10.7 Å². The van der Waals surface area contributed by atoms with Crippen LogP contribution in [0.1, 0.15) is 26.4 Å². The van der Waals surface area contributed by atoms with Gasteiger partial charge < -0.3 is 8.38 Å². The number of rotatable bonds is 9. The Morgan fingerprint density at radius 2 is 1.41 bits per heavy atom. The van der Waals surface area contributed by atoms with E-state index in [4.69, 9.17) is 3.07 Å². The van der Waals surface area contributed by atoms with Crippen LogP contribution in [0.3, 0.4) is 0 Å². The van der Waals surface area contributed by atoms with Gasteiger partial charge in [0.05, 0.1) is 10.9 Å². The lowest BCUT2D eigenvalue weighted by Gasteiger charge is -2.35. The van der Waals surface area contributed by atoms with Crippen molar-refractivity contribution in [3.8, 4) is 0 Å². The first-order valence-electron chi connectivity index (χ1n) is 10.1. The van der Waals surface area contributed by atoms with Crippen molar-refractivity contribution in [1.82, 2.24) is 4.98 Å². The van der Waals surface area contributed by atoms with Gasteiger partial charge in [-0.25, -0.2) is 9.78 Å². The molecule has 0 aliphatic heterocycles. The van der Waals surface area contributed by atoms with E-state index in [0.29, 0.717) is 16.6 Å². The fourth-order valence-electron chi connectivity index (χ4n) is 3.62. The lowest BCUT2D eigenvalue weighted by Crippen LogP contribution is -2.27. The van der Waals surface area contributed by atoms with Gasteiger partial charge >= 0.3 is 5.97 Å². The maximum Gasteiger partial charge on any atom is 0.359 e. The number of hydrogen-bond acceptors (Lipinski definition) is 6. The van der Waals surface area contributed by atoms with E-state index < -0.39 is 0 Å². The molecule has 1 heterocycles. The lowest BCUT2D eigenvalue weighted by atomic mass is 9.84. The van der Waals surface area contributed by atoms with Crippen LogP contribution in [0.25, 0.3) is 0 Å². The highest BCUT2D eigenvalue weighted by molar-refractivity contribution is 14.1. The zero-order valence-corrected chi connectivity index (χ0v) is 20.9. The molecule has 0 fully saturated rings. The zero-order chi connectivity index (χ0) is 22.2. The standard InChI is InChI=1S/C25H21IN2O2S2/c26-30-23(29)22-18-28-24(32-22)27-16-17-31-25(19-10-4-1-5-11-19,20-12-6-2-7-13-20)21-14-8-3-9-15-21/h1-15,18H,16-17H2,(H,27,28). The Labute approximate surface area is 210 Å². The van der Waals surface area contributed by atoms with Crippen molar-refractivity contribution in [3.05, 3.63) is 119 Å². The number of nitrogens with one attached hydrogen (secondary N) is 1. The Morgan fingerprint density at radius 1 is 0.906 bits per heavy atom. The Balaban J connectivity index is 1.61. The molecule has 0 radical (unpaired) electrons. The van der Waals surface area contributed by atoms with Gasteiger partial charge in [0.25, 0.3) is 0 Å². The summed E-state index contributed by atoms with van der Waals surface area (Å²) in [5.74, 6) is 0.464. The van der Waals surface area contributed by atoms with Gasteiger partial charge in [0.1, 0.15) is 4.88 Å². The van der Waals surface area contributed by atoms with E-state index in [9.17, 15) is 4.79 Å². The number of halogens is 1. The van der Waals surface area contributed by atoms with Crippen molar-refractivity contribution in [2.45, 2.75) is 4.75 Å². The topological polar surface area (TPSA) is 51.2 Å². The Morgan fingerprint density at radius 3 is 1.88 bits per heavy atom. The van der Waals surface area contributed by atoms with Crippen molar-refractivity contribution in [3.63, 3.8) is 0 Å². The van der Waals surface area contributed by atoms with Crippen LogP contribution < -0.4 is 5.32 Å². The molecule has 3 aromatic carbocycles.